The van der Waals surface area contributed by atoms with Gasteiger partial charge in [-0.05, 0) is 0 Å². The molecule has 5 N–H and O–H groups in total. The Kier molecular flexibility index (Phi) is 3.27. The fraction of sp³-hybridized carbons (Fsp3) is 0.800. The maximum absolute atomic E-state index is 10.2. The van der Waals surface area contributed by atoms with Crippen molar-refractivity contribution in [1.82, 2.24) is 5.43 Å². The van der Waals surface area contributed by atoms with Crippen molar-refractivity contribution < 1.29 is 15.0 Å². The van der Waals surface area contributed by atoms with Crippen LogP contribution in [-0.4, -0.2) is 21.9 Å². The van der Waals surface area contributed by atoms with Gasteiger partial charge in [0.1, 0.15) is 0 Å². The zero-order valence-corrected chi connectivity index (χ0v) is 5.79. The molecule has 0 aliphatic rings. The topological polar surface area (TPSA) is 95.6 Å². The molecule has 0 saturated carbocycles. The van der Waals surface area contributed by atoms with E-state index in [0.29, 0.717) is 6.42 Å². The summed E-state index contributed by atoms with van der Waals surface area (Å²) >= 11 is 0. The molecule has 0 saturated heterocycles. The van der Waals surface area contributed by atoms with Crippen LogP contribution in [0.4, 0.5) is 0 Å². The second kappa shape index (κ2) is 3.50. The third kappa shape index (κ3) is 1.94. The van der Waals surface area contributed by atoms with Crippen molar-refractivity contribution in [2.24, 2.45) is 5.84 Å². The van der Waals surface area contributed by atoms with Crippen molar-refractivity contribution in [1.29, 1.82) is 0 Å². The first-order valence-electron chi connectivity index (χ1n) is 3.00. The molecular weight excluding hydrogens is 136 g/mol. The molecule has 1 atom stereocenters. The molecular formula is C5H12N2O3. The smallest absolute Gasteiger partial charge is 0.352 e. The third-order valence-electron chi connectivity index (χ3n) is 1.20. The van der Waals surface area contributed by atoms with Crippen LogP contribution in [0.2, 0.25) is 0 Å². The molecule has 0 aromatic carbocycles. The van der Waals surface area contributed by atoms with E-state index in [-0.39, 0.29) is 6.42 Å². The summed E-state index contributed by atoms with van der Waals surface area (Å²) in [4.78, 5) is 10.2. The van der Waals surface area contributed by atoms with E-state index >= 15 is 0 Å². The average Bonchev–Trinajstić information content (AvgIpc) is 1.88. The molecule has 0 aromatic rings. The lowest BCUT2D eigenvalue weighted by Crippen LogP contribution is -2.55. The van der Waals surface area contributed by atoms with Crippen molar-refractivity contribution in [3.63, 3.8) is 0 Å². The van der Waals surface area contributed by atoms with Crippen molar-refractivity contribution in [3.8, 4) is 0 Å². The van der Waals surface area contributed by atoms with E-state index in [0.717, 1.165) is 0 Å². The van der Waals surface area contributed by atoms with Crippen molar-refractivity contribution >= 4 is 5.97 Å². The van der Waals surface area contributed by atoms with Crippen LogP contribution in [-0.2, 0) is 4.79 Å². The highest BCUT2D eigenvalue weighted by Crippen LogP contribution is 2.06. The van der Waals surface area contributed by atoms with E-state index in [1.165, 1.54) is 0 Å². The minimum atomic E-state index is -1.96. The highest BCUT2D eigenvalue weighted by Gasteiger charge is 2.33. The number of nitrogens with two attached hydrogens (primary N) is 1. The van der Waals surface area contributed by atoms with Gasteiger partial charge in [-0.1, -0.05) is 13.3 Å². The Hall–Kier alpha value is -0.650. The van der Waals surface area contributed by atoms with Crippen LogP contribution in [0.15, 0.2) is 0 Å². The molecule has 0 aliphatic carbocycles. The van der Waals surface area contributed by atoms with Gasteiger partial charge in [0.05, 0.1) is 0 Å². The molecule has 10 heavy (non-hydrogen) atoms. The Bertz CT molecular complexity index is 128. The van der Waals surface area contributed by atoms with Gasteiger partial charge < -0.3 is 10.2 Å². The van der Waals surface area contributed by atoms with Gasteiger partial charge in [-0.3, -0.25) is 5.84 Å². The first-order valence-corrected chi connectivity index (χ1v) is 3.00. The summed E-state index contributed by atoms with van der Waals surface area (Å²) < 4.78 is 0. The minimum absolute atomic E-state index is 0.0961. The van der Waals surface area contributed by atoms with Gasteiger partial charge >= 0.3 is 5.97 Å². The van der Waals surface area contributed by atoms with Crippen LogP contribution in [0.3, 0.4) is 0 Å². The molecule has 60 valence electrons. The largest absolute Gasteiger partial charge is 0.478 e. The molecule has 5 heteroatoms. The Labute approximate surface area is 58.8 Å². The van der Waals surface area contributed by atoms with Gasteiger partial charge in [-0.2, -0.15) is 0 Å². The van der Waals surface area contributed by atoms with Crippen LogP contribution in [0.1, 0.15) is 19.8 Å². The Morgan fingerprint density at radius 1 is 1.80 bits per heavy atom. The summed E-state index contributed by atoms with van der Waals surface area (Å²) in [5.74, 6) is 3.46. The number of aliphatic hydroxyl groups is 1. The highest BCUT2D eigenvalue weighted by atomic mass is 16.4. The van der Waals surface area contributed by atoms with Crippen LogP contribution < -0.4 is 11.3 Å². The van der Waals surface area contributed by atoms with E-state index in [4.69, 9.17) is 16.1 Å². The molecule has 0 heterocycles. The van der Waals surface area contributed by atoms with E-state index in [2.05, 4.69) is 0 Å². The summed E-state index contributed by atoms with van der Waals surface area (Å²) in [7, 11) is 0. The number of nitrogens with one attached hydrogen (secondary N) is 1. The van der Waals surface area contributed by atoms with E-state index < -0.39 is 11.7 Å². The third-order valence-corrected chi connectivity index (χ3v) is 1.20. The number of carboxylic acid groups (broad SMARTS) is 1. The zero-order valence-electron chi connectivity index (χ0n) is 5.79. The molecule has 5 nitrogen and oxygen atoms in total. The SMILES string of the molecule is CCC[C@@](O)(NN)C(=O)O. The summed E-state index contributed by atoms with van der Waals surface area (Å²) in [6, 6.07) is 0. The molecule has 0 bridgehead atoms. The lowest BCUT2D eigenvalue weighted by molar-refractivity contribution is -0.163. The normalized spacial score (nSPS) is 16.3. The molecule has 0 fully saturated rings. The van der Waals surface area contributed by atoms with Gasteiger partial charge in [0.2, 0.25) is 5.72 Å². The van der Waals surface area contributed by atoms with Gasteiger partial charge in [0.15, 0.2) is 0 Å². The number of aliphatic carboxylic acids is 1. The lowest BCUT2D eigenvalue weighted by atomic mass is 10.1. The number of carboxylic acids is 1. The second-order valence-corrected chi connectivity index (χ2v) is 2.06. The summed E-state index contributed by atoms with van der Waals surface area (Å²) in [6.45, 7) is 1.76. The standard InChI is InChI=1S/C5H12N2O3/c1-2-3-5(10,7-6)4(8)9/h7,10H,2-3,6H2,1H3,(H,8,9)/t5-/m0/s1. The van der Waals surface area contributed by atoms with Gasteiger partial charge in [-0.15, -0.1) is 0 Å². The molecule has 0 unspecified atom stereocenters. The fourth-order valence-electron chi connectivity index (χ4n) is 0.603. The van der Waals surface area contributed by atoms with Crippen LogP contribution in [0.5, 0.6) is 0 Å². The highest BCUT2D eigenvalue weighted by molar-refractivity contribution is 5.76. The second-order valence-electron chi connectivity index (χ2n) is 2.06. The van der Waals surface area contributed by atoms with Crippen LogP contribution >= 0.6 is 0 Å². The first-order chi connectivity index (χ1) is 4.56. The van der Waals surface area contributed by atoms with Crippen LogP contribution in [0, 0.1) is 0 Å². The monoisotopic (exact) mass is 148 g/mol. The molecule has 0 amide bonds. The van der Waals surface area contributed by atoms with Gasteiger partial charge in [-0.25, -0.2) is 10.2 Å². The van der Waals surface area contributed by atoms with Crippen molar-refractivity contribution in [3.05, 3.63) is 0 Å². The molecule has 0 radical (unpaired) electrons. The quantitative estimate of drug-likeness (QED) is 0.233. The minimum Gasteiger partial charge on any atom is -0.478 e. The number of hydrazine groups is 1. The summed E-state index contributed by atoms with van der Waals surface area (Å²) in [5.41, 5.74) is -0.129. The number of hydrogen-bond acceptors (Lipinski definition) is 4. The van der Waals surface area contributed by atoms with Crippen molar-refractivity contribution in [2.75, 3.05) is 0 Å². The zero-order chi connectivity index (χ0) is 8.20. The number of hydrogen-bond donors (Lipinski definition) is 4. The Morgan fingerprint density at radius 2 is 2.30 bits per heavy atom. The van der Waals surface area contributed by atoms with Gasteiger partial charge in [0.25, 0.3) is 0 Å². The fourth-order valence-corrected chi connectivity index (χ4v) is 0.603. The predicted octanol–water partition coefficient (Wildman–Crippen LogP) is -0.977. The first kappa shape index (κ1) is 9.35. The molecule has 0 aromatic heterocycles. The van der Waals surface area contributed by atoms with E-state index in [1.807, 2.05) is 5.43 Å². The maximum Gasteiger partial charge on any atom is 0.352 e. The predicted molar refractivity (Wildman–Crippen MR) is 34.8 cm³/mol. The van der Waals surface area contributed by atoms with E-state index in [9.17, 15) is 4.79 Å². The average molecular weight is 148 g/mol. The van der Waals surface area contributed by atoms with Crippen LogP contribution in [0.25, 0.3) is 0 Å². The molecule has 0 rings (SSSR count). The Balaban J connectivity index is 4.08. The van der Waals surface area contributed by atoms with E-state index in [1.54, 1.807) is 6.92 Å². The van der Waals surface area contributed by atoms with Crippen molar-refractivity contribution in [2.45, 2.75) is 25.5 Å². The maximum atomic E-state index is 10.2. The molecule has 0 aliphatic heterocycles. The summed E-state index contributed by atoms with van der Waals surface area (Å²) in [6.07, 6.45) is 0.645. The number of rotatable bonds is 4. The number of carbonyl (C=O) groups is 1. The Morgan fingerprint density at radius 3 is 2.40 bits per heavy atom. The van der Waals surface area contributed by atoms with Gasteiger partial charge in [0, 0.05) is 6.42 Å². The summed E-state index contributed by atoms with van der Waals surface area (Å²) in [5, 5.41) is 17.4. The lowest BCUT2D eigenvalue weighted by Gasteiger charge is -2.20. The molecule has 0 spiro atoms.